The summed E-state index contributed by atoms with van der Waals surface area (Å²) < 4.78 is 7.04. The van der Waals surface area contributed by atoms with E-state index in [0.717, 1.165) is 12.1 Å². The molecule has 0 aromatic carbocycles. The number of aryl methyl sites for hydroxylation is 1. The molecule has 98 valence electrons. The van der Waals surface area contributed by atoms with E-state index < -0.39 is 0 Å². The van der Waals surface area contributed by atoms with Gasteiger partial charge in [0.25, 0.3) is 0 Å². The Balaban J connectivity index is 2.15. The predicted molar refractivity (Wildman–Crippen MR) is 68.1 cm³/mol. The first-order valence-electron chi connectivity index (χ1n) is 6.17. The highest BCUT2D eigenvalue weighted by atomic mass is 16.5. The Hall–Kier alpha value is -1.69. The lowest BCUT2D eigenvalue weighted by molar-refractivity contribution is 0.332. The summed E-state index contributed by atoms with van der Waals surface area (Å²) in [6.45, 7) is 7.20. The molecular weight excluding hydrogens is 230 g/mol. The van der Waals surface area contributed by atoms with E-state index in [0.29, 0.717) is 17.8 Å². The molecular formula is C12H19N5O. The molecule has 2 heterocycles. The molecule has 18 heavy (non-hydrogen) atoms. The number of nitrogens with zero attached hydrogens (tertiary/aromatic N) is 4. The second-order valence-corrected chi connectivity index (χ2v) is 4.49. The molecule has 2 unspecified atom stereocenters. The Morgan fingerprint density at radius 3 is 2.83 bits per heavy atom. The van der Waals surface area contributed by atoms with Crippen molar-refractivity contribution in [2.45, 2.75) is 32.7 Å². The molecule has 0 saturated heterocycles. The molecule has 0 aliphatic rings. The molecule has 2 rings (SSSR count). The Kier molecular flexibility index (Phi) is 3.76. The number of nitrogens with one attached hydrogen (secondary N) is 1. The topological polar surface area (TPSA) is 68.8 Å². The lowest BCUT2D eigenvalue weighted by atomic mass is 10.0. The third-order valence-electron chi connectivity index (χ3n) is 3.07. The molecule has 0 aliphatic heterocycles. The van der Waals surface area contributed by atoms with Crippen molar-refractivity contribution in [1.82, 2.24) is 25.2 Å². The number of rotatable bonds is 5. The zero-order valence-electron chi connectivity index (χ0n) is 11.2. The first-order valence-corrected chi connectivity index (χ1v) is 6.17. The average Bonchev–Trinajstić information content (AvgIpc) is 2.96. The Labute approximate surface area is 106 Å². The number of hydrogen-bond donors (Lipinski definition) is 1. The molecule has 0 fully saturated rings. The molecule has 1 N–H and O–H groups in total. The van der Waals surface area contributed by atoms with E-state index in [1.807, 2.05) is 13.2 Å². The van der Waals surface area contributed by atoms with Gasteiger partial charge in [-0.1, -0.05) is 19.0 Å². The van der Waals surface area contributed by atoms with Crippen LogP contribution in [0.4, 0.5) is 0 Å². The highest BCUT2D eigenvalue weighted by Gasteiger charge is 2.20. The lowest BCUT2D eigenvalue weighted by Gasteiger charge is -2.16. The highest BCUT2D eigenvalue weighted by Crippen LogP contribution is 2.21. The van der Waals surface area contributed by atoms with Crippen molar-refractivity contribution in [1.29, 1.82) is 0 Å². The van der Waals surface area contributed by atoms with Crippen LogP contribution < -0.4 is 5.32 Å². The van der Waals surface area contributed by atoms with Crippen molar-refractivity contribution in [3.63, 3.8) is 0 Å². The Morgan fingerprint density at radius 2 is 2.22 bits per heavy atom. The van der Waals surface area contributed by atoms with Crippen LogP contribution in [0.5, 0.6) is 0 Å². The average molecular weight is 249 g/mol. The molecule has 0 amide bonds. The van der Waals surface area contributed by atoms with E-state index in [9.17, 15) is 0 Å². The summed E-state index contributed by atoms with van der Waals surface area (Å²) >= 11 is 0. The summed E-state index contributed by atoms with van der Waals surface area (Å²) in [6.07, 6.45) is 3.60. The molecule has 6 nitrogen and oxygen atoms in total. The Bertz CT molecular complexity index is 504. The summed E-state index contributed by atoms with van der Waals surface area (Å²) in [5.41, 5.74) is 0.871. The first kappa shape index (κ1) is 12.8. The van der Waals surface area contributed by atoms with Crippen molar-refractivity contribution in [3.05, 3.63) is 18.3 Å². The zero-order chi connectivity index (χ0) is 13.1. The fraction of sp³-hybridized carbons (Fsp3) is 0.583. The van der Waals surface area contributed by atoms with Gasteiger partial charge in [-0.3, -0.25) is 4.68 Å². The van der Waals surface area contributed by atoms with Crippen LogP contribution in [0.2, 0.25) is 0 Å². The number of aromatic nitrogens is 4. The van der Waals surface area contributed by atoms with Crippen LogP contribution in [0.15, 0.2) is 16.9 Å². The van der Waals surface area contributed by atoms with E-state index in [1.165, 1.54) is 0 Å². The summed E-state index contributed by atoms with van der Waals surface area (Å²) in [4.78, 5) is 4.43. The molecule has 2 atom stereocenters. The minimum Gasteiger partial charge on any atom is -0.339 e. The summed E-state index contributed by atoms with van der Waals surface area (Å²) in [5, 5.41) is 11.4. The maximum Gasteiger partial charge on any atom is 0.231 e. The Morgan fingerprint density at radius 1 is 1.44 bits per heavy atom. The molecule has 0 aliphatic carbocycles. The minimum atomic E-state index is 0.183. The second kappa shape index (κ2) is 5.30. The molecule has 0 radical (unpaired) electrons. The van der Waals surface area contributed by atoms with Crippen LogP contribution in [0.3, 0.4) is 0 Å². The van der Waals surface area contributed by atoms with Gasteiger partial charge in [0.2, 0.25) is 11.7 Å². The van der Waals surface area contributed by atoms with Crippen molar-refractivity contribution in [2.24, 2.45) is 7.05 Å². The van der Waals surface area contributed by atoms with Crippen LogP contribution in [0.25, 0.3) is 11.4 Å². The van der Waals surface area contributed by atoms with Gasteiger partial charge >= 0.3 is 0 Å². The van der Waals surface area contributed by atoms with Crippen LogP contribution in [-0.4, -0.2) is 32.5 Å². The molecule has 6 heteroatoms. The van der Waals surface area contributed by atoms with Gasteiger partial charge in [0, 0.05) is 19.3 Å². The summed E-state index contributed by atoms with van der Waals surface area (Å²) in [6, 6.07) is 0.303. The fourth-order valence-corrected chi connectivity index (χ4v) is 1.79. The van der Waals surface area contributed by atoms with Crippen molar-refractivity contribution < 1.29 is 4.52 Å². The zero-order valence-corrected chi connectivity index (χ0v) is 11.2. The van der Waals surface area contributed by atoms with Gasteiger partial charge in [0.1, 0.15) is 0 Å². The first-order chi connectivity index (χ1) is 8.61. The fourth-order valence-electron chi connectivity index (χ4n) is 1.79. The van der Waals surface area contributed by atoms with E-state index in [-0.39, 0.29) is 5.92 Å². The summed E-state index contributed by atoms with van der Waals surface area (Å²) in [7, 11) is 1.86. The van der Waals surface area contributed by atoms with Gasteiger partial charge in [-0.05, 0) is 13.5 Å². The molecule has 2 aromatic rings. The standard InChI is InChI=1S/C12H19N5O/c1-5-13-9(3)8(2)12-15-11(16-18-12)10-6-14-17(4)7-10/h6-9,13H,5H2,1-4H3. The third-order valence-corrected chi connectivity index (χ3v) is 3.07. The van der Waals surface area contributed by atoms with Gasteiger partial charge in [-0.25, -0.2) is 0 Å². The highest BCUT2D eigenvalue weighted by molar-refractivity contribution is 5.51. The van der Waals surface area contributed by atoms with Gasteiger partial charge in [-0.15, -0.1) is 0 Å². The maximum absolute atomic E-state index is 5.32. The largest absolute Gasteiger partial charge is 0.339 e. The van der Waals surface area contributed by atoms with Crippen molar-refractivity contribution in [2.75, 3.05) is 6.54 Å². The quantitative estimate of drug-likeness (QED) is 0.871. The molecule has 0 saturated carbocycles. The van der Waals surface area contributed by atoms with Crippen LogP contribution >= 0.6 is 0 Å². The van der Waals surface area contributed by atoms with Gasteiger partial charge in [-0.2, -0.15) is 10.1 Å². The van der Waals surface area contributed by atoms with Crippen LogP contribution in [-0.2, 0) is 7.05 Å². The third kappa shape index (κ3) is 2.59. The molecule has 0 bridgehead atoms. The molecule has 0 spiro atoms. The van der Waals surface area contributed by atoms with E-state index in [1.54, 1.807) is 10.9 Å². The smallest absolute Gasteiger partial charge is 0.231 e. The second-order valence-electron chi connectivity index (χ2n) is 4.49. The number of likely N-dealkylation sites (N-methyl/N-ethyl adjacent to an activating group) is 1. The predicted octanol–water partition coefficient (Wildman–Crippen LogP) is 1.57. The van der Waals surface area contributed by atoms with Crippen LogP contribution in [0, 0.1) is 0 Å². The lowest BCUT2D eigenvalue weighted by Crippen LogP contribution is -2.30. The minimum absolute atomic E-state index is 0.183. The summed E-state index contributed by atoms with van der Waals surface area (Å²) in [5.74, 6) is 1.43. The van der Waals surface area contributed by atoms with E-state index in [2.05, 4.69) is 41.3 Å². The van der Waals surface area contributed by atoms with Crippen molar-refractivity contribution in [3.8, 4) is 11.4 Å². The van der Waals surface area contributed by atoms with Gasteiger partial charge in [0.05, 0.1) is 17.7 Å². The van der Waals surface area contributed by atoms with Gasteiger partial charge in [0.15, 0.2) is 0 Å². The SMILES string of the molecule is CCNC(C)C(C)c1nc(-c2cnn(C)c2)no1. The van der Waals surface area contributed by atoms with Crippen LogP contribution in [0.1, 0.15) is 32.6 Å². The van der Waals surface area contributed by atoms with Gasteiger partial charge < -0.3 is 9.84 Å². The monoisotopic (exact) mass is 249 g/mol. The normalized spacial score (nSPS) is 14.7. The van der Waals surface area contributed by atoms with E-state index in [4.69, 9.17) is 4.52 Å². The molecule has 2 aromatic heterocycles. The maximum atomic E-state index is 5.32. The van der Waals surface area contributed by atoms with Crippen molar-refractivity contribution >= 4 is 0 Å². The van der Waals surface area contributed by atoms with E-state index >= 15 is 0 Å². The number of hydrogen-bond acceptors (Lipinski definition) is 5.